The van der Waals surface area contributed by atoms with Crippen molar-refractivity contribution in [2.24, 2.45) is 11.1 Å². The van der Waals surface area contributed by atoms with Gasteiger partial charge in [0.15, 0.2) is 0 Å². The molecule has 0 aliphatic heterocycles. The zero-order valence-corrected chi connectivity index (χ0v) is 11.3. The third-order valence-corrected chi connectivity index (χ3v) is 3.79. The molecule has 0 aromatic carbocycles. The highest BCUT2D eigenvalue weighted by atomic mass is 16.5. The van der Waals surface area contributed by atoms with Gasteiger partial charge in [-0.05, 0) is 13.8 Å². The van der Waals surface area contributed by atoms with Gasteiger partial charge in [-0.15, -0.1) is 0 Å². The molecule has 0 spiro atoms. The van der Waals surface area contributed by atoms with Crippen molar-refractivity contribution in [1.29, 1.82) is 0 Å². The Morgan fingerprint density at radius 3 is 2.59 bits per heavy atom. The zero-order chi connectivity index (χ0) is 13.3. The Morgan fingerprint density at radius 1 is 1.59 bits per heavy atom. The number of ether oxygens (including phenoxy) is 1. The van der Waals surface area contributed by atoms with Gasteiger partial charge < -0.3 is 15.8 Å². The van der Waals surface area contributed by atoms with Crippen LogP contribution < -0.4 is 11.1 Å². The second-order valence-corrected chi connectivity index (χ2v) is 5.48. The van der Waals surface area contributed by atoms with Gasteiger partial charge in [-0.3, -0.25) is 4.79 Å². The fraction of sp³-hybridized carbons (Fsp3) is 0.769. The second kappa shape index (κ2) is 4.78. The molecule has 0 radical (unpaired) electrons. The second-order valence-electron chi connectivity index (χ2n) is 5.48. The summed E-state index contributed by atoms with van der Waals surface area (Å²) in [5.74, 6) is -0.110. The number of carbonyl (C=O) groups excluding carboxylic acids is 1. The van der Waals surface area contributed by atoms with Crippen molar-refractivity contribution in [2.75, 3.05) is 13.2 Å². The van der Waals surface area contributed by atoms with E-state index in [0.29, 0.717) is 19.6 Å². The van der Waals surface area contributed by atoms with Gasteiger partial charge in [-0.25, -0.2) is 0 Å². The minimum absolute atomic E-state index is 0.0630. The van der Waals surface area contributed by atoms with Gasteiger partial charge in [0.05, 0.1) is 6.10 Å². The van der Waals surface area contributed by atoms with Gasteiger partial charge in [0.1, 0.15) is 5.54 Å². The smallest absolute Gasteiger partial charge is 0.241 e. The molecule has 1 amide bonds. The quantitative estimate of drug-likeness (QED) is 0.710. The van der Waals surface area contributed by atoms with E-state index in [-0.39, 0.29) is 17.4 Å². The first-order valence-corrected chi connectivity index (χ1v) is 6.09. The molecule has 4 heteroatoms. The monoisotopic (exact) mass is 240 g/mol. The minimum Gasteiger partial charge on any atom is -0.378 e. The fourth-order valence-electron chi connectivity index (χ4n) is 2.21. The van der Waals surface area contributed by atoms with Gasteiger partial charge in [-0.2, -0.15) is 0 Å². The number of hydrogen-bond acceptors (Lipinski definition) is 3. The van der Waals surface area contributed by atoms with Crippen LogP contribution in [0.1, 0.15) is 34.1 Å². The molecule has 0 heterocycles. The topological polar surface area (TPSA) is 64.4 Å². The van der Waals surface area contributed by atoms with Crippen molar-refractivity contribution in [2.45, 2.75) is 45.8 Å². The Balaban J connectivity index is 2.65. The van der Waals surface area contributed by atoms with Crippen LogP contribution in [-0.4, -0.2) is 30.7 Å². The number of nitrogens with two attached hydrogens (primary N) is 1. The van der Waals surface area contributed by atoms with Crippen LogP contribution in [0.25, 0.3) is 0 Å². The van der Waals surface area contributed by atoms with Gasteiger partial charge in [0.2, 0.25) is 5.91 Å². The molecule has 0 saturated heterocycles. The number of nitrogens with one attached hydrogen (secondary N) is 1. The van der Waals surface area contributed by atoms with Gasteiger partial charge in [-0.1, -0.05) is 26.0 Å². The van der Waals surface area contributed by atoms with Crippen molar-refractivity contribution in [1.82, 2.24) is 5.32 Å². The Morgan fingerprint density at radius 2 is 2.18 bits per heavy atom. The maximum absolute atomic E-state index is 12.1. The molecule has 3 N–H and O–H groups in total. The summed E-state index contributed by atoms with van der Waals surface area (Å²) < 4.78 is 5.59. The first kappa shape index (κ1) is 14.2. The minimum atomic E-state index is -0.831. The molecule has 98 valence electrons. The van der Waals surface area contributed by atoms with Gasteiger partial charge >= 0.3 is 0 Å². The van der Waals surface area contributed by atoms with Crippen LogP contribution in [0.4, 0.5) is 0 Å². The summed E-state index contributed by atoms with van der Waals surface area (Å²) in [7, 11) is 0. The lowest BCUT2D eigenvalue weighted by Gasteiger charge is -2.57. The molecule has 1 fully saturated rings. The van der Waals surface area contributed by atoms with E-state index in [9.17, 15) is 4.79 Å². The van der Waals surface area contributed by atoms with E-state index < -0.39 is 5.54 Å². The van der Waals surface area contributed by atoms with E-state index in [2.05, 4.69) is 11.9 Å². The van der Waals surface area contributed by atoms with E-state index in [0.717, 1.165) is 5.57 Å². The largest absolute Gasteiger partial charge is 0.378 e. The molecule has 1 aliphatic carbocycles. The van der Waals surface area contributed by atoms with E-state index in [1.54, 1.807) is 0 Å². The lowest BCUT2D eigenvalue weighted by molar-refractivity contribution is -0.170. The maximum Gasteiger partial charge on any atom is 0.241 e. The highest BCUT2D eigenvalue weighted by Crippen LogP contribution is 2.49. The number of rotatable bonds is 5. The molecular weight excluding hydrogens is 216 g/mol. The first-order chi connectivity index (χ1) is 7.75. The van der Waals surface area contributed by atoms with Gasteiger partial charge in [0.25, 0.3) is 0 Å². The molecule has 0 aromatic heterocycles. The van der Waals surface area contributed by atoms with Crippen LogP contribution in [0.15, 0.2) is 12.2 Å². The molecule has 0 bridgehead atoms. The van der Waals surface area contributed by atoms with Crippen molar-refractivity contribution >= 4 is 5.91 Å². The standard InChI is InChI=1S/C13H24N2O2/c1-6-17-10-7-13(14,12(10,4)5)11(16)15-8-9(2)3/h10H,2,6-8,14H2,1,3-5H3,(H,15,16). The highest BCUT2D eigenvalue weighted by molar-refractivity contribution is 5.89. The molecule has 4 nitrogen and oxygen atoms in total. The van der Waals surface area contributed by atoms with E-state index in [1.807, 2.05) is 27.7 Å². The molecule has 1 saturated carbocycles. The Labute approximate surface area is 104 Å². The van der Waals surface area contributed by atoms with Crippen LogP contribution >= 0.6 is 0 Å². The number of hydrogen-bond donors (Lipinski definition) is 2. The SMILES string of the molecule is C=C(C)CNC(=O)C1(N)CC(OCC)C1(C)C. The Hall–Kier alpha value is -0.870. The van der Waals surface area contributed by atoms with Crippen LogP contribution in [-0.2, 0) is 9.53 Å². The fourth-order valence-corrected chi connectivity index (χ4v) is 2.21. The molecule has 2 atom stereocenters. The molecule has 2 unspecified atom stereocenters. The van der Waals surface area contributed by atoms with Gasteiger partial charge in [0, 0.05) is 25.0 Å². The Bertz CT molecular complexity index is 325. The van der Waals surface area contributed by atoms with Crippen LogP contribution in [0.2, 0.25) is 0 Å². The summed E-state index contributed by atoms with van der Waals surface area (Å²) in [5.41, 5.74) is 5.96. The normalized spacial score (nSPS) is 30.5. The first-order valence-electron chi connectivity index (χ1n) is 6.09. The average molecular weight is 240 g/mol. The predicted molar refractivity (Wildman–Crippen MR) is 68.6 cm³/mol. The third-order valence-electron chi connectivity index (χ3n) is 3.79. The average Bonchev–Trinajstić information content (AvgIpc) is 2.25. The molecule has 17 heavy (non-hydrogen) atoms. The molecule has 0 aromatic rings. The van der Waals surface area contributed by atoms with E-state index >= 15 is 0 Å². The lowest BCUT2D eigenvalue weighted by atomic mass is 9.54. The molecule has 1 aliphatic rings. The lowest BCUT2D eigenvalue weighted by Crippen LogP contribution is -2.75. The zero-order valence-electron chi connectivity index (χ0n) is 11.3. The third kappa shape index (κ3) is 2.38. The number of carbonyl (C=O) groups is 1. The highest BCUT2D eigenvalue weighted by Gasteiger charge is 2.62. The summed E-state index contributed by atoms with van der Waals surface area (Å²) in [6.45, 7) is 12.7. The van der Waals surface area contributed by atoms with Crippen molar-refractivity contribution in [3.63, 3.8) is 0 Å². The summed E-state index contributed by atoms with van der Waals surface area (Å²) in [4.78, 5) is 12.1. The summed E-state index contributed by atoms with van der Waals surface area (Å²) >= 11 is 0. The Kier molecular flexibility index (Phi) is 3.99. The predicted octanol–water partition coefficient (Wildman–Crippen LogP) is 1.21. The van der Waals surface area contributed by atoms with Crippen LogP contribution in [0.5, 0.6) is 0 Å². The van der Waals surface area contributed by atoms with Crippen molar-refractivity contribution < 1.29 is 9.53 Å². The molecule has 1 rings (SSSR count). The van der Waals surface area contributed by atoms with Crippen LogP contribution in [0, 0.1) is 5.41 Å². The summed E-state index contributed by atoms with van der Waals surface area (Å²) in [5, 5.41) is 2.82. The van der Waals surface area contributed by atoms with E-state index in [1.165, 1.54) is 0 Å². The maximum atomic E-state index is 12.1. The van der Waals surface area contributed by atoms with Crippen molar-refractivity contribution in [3.8, 4) is 0 Å². The summed E-state index contributed by atoms with van der Waals surface area (Å²) in [6.07, 6.45) is 0.642. The number of amides is 1. The molecular formula is C13H24N2O2. The summed E-state index contributed by atoms with van der Waals surface area (Å²) in [6, 6.07) is 0. The van der Waals surface area contributed by atoms with E-state index in [4.69, 9.17) is 10.5 Å². The van der Waals surface area contributed by atoms with Crippen LogP contribution in [0.3, 0.4) is 0 Å². The van der Waals surface area contributed by atoms with Crippen molar-refractivity contribution in [3.05, 3.63) is 12.2 Å².